The van der Waals surface area contributed by atoms with Crippen LogP contribution in [0.2, 0.25) is 0 Å². The van der Waals surface area contributed by atoms with Crippen LogP contribution in [0, 0.1) is 17.3 Å². The van der Waals surface area contributed by atoms with Gasteiger partial charge in [0.25, 0.3) is 0 Å². The molecule has 23 heavy (non-hydrogen) atoms. The Kier molecular flexibility index (Phi) is 4.79. The Morgan fingerprint density at radius 1 is 1.04 bits per heavy atom. The van der Waals surface area contributed by atoms with Gasteiger partial charge >= 0.3 is 0 Å². The number of ether oxygens (including phenoxy) is 1. The molecule has 0 bridgehead atoms. The molecule has 0 aromatic heterocycles. The molecule has 0 spiro atoms. The van der Waals surface area contributed by atoms with E-state index in [2.05, 4.69) is 39.0 Å². The lowest BCUT2D eigenvalue weighted by Gasteiger charge is -2.37. The summed E-state index contributed by atoms with van der Waals surface area (Å²) < 4.78 is 6.27. The molecule has 1 atom stereocenters. The Morgan fingerprint density at radius 3 is 2.43 bits per heavy atom. The number of fused-ring (bicyclic) bond motifs is 1. The van der Waals surface area contributed by atoms with Crippen molar-refractivity contribution in [2.24, 2.45) is 17.3 Å². The van der Waals surface area contributed by atoms with Gasteiger partial charge in [-0.15, -0.1) is 0 Å². The summed E-state index contributed by atoms with van der Waals surface area (Å²) in [6, 6.07) is 6.48. The monoisotopic (exact) mass is 314 g/mol. The van der Waals surface area contributed by atoms with Gasteiger partial charge in [-0.1, -0.05) is 26.8 Å². The van der Waals surface area contributed by atoms with E-state index < -0.39 is 0 Å². The molecule has 1 saturated carbocycles. The first kappa shape index (κ1) is 16.5. The summed E-state index contributed by atoms with van der Waals surface area (Å²) in [6.07, 6.45) is 9.27. The van der Waals surface area contributed by atoms with E-state index in [0.717, 1.165) is 37.2 Å². The molecule has 1 aromatic carbocycles. The van der Waals surface area contributed by atoms with Gasteiger partial charge in [0.2, 0.25) is 0 Å². The van der Waals surface area contributed by atoms with Gasteiger partial charge in [0.1, 0.15) is 12.0 Å². The molecule has 1 aromatic rings. The van der Waals surface area contributed by atoms with Crippen LogP contribution < -0.4 is 4.74 Å². The maximum absolute atomic E-state index is 11.0. The number of benzene rings is 1. The number of carbonyl (C=O) groups excluding carboxylic acids is 1. The summed E-state index contributed by atoms with van der Waals surface area (Å²) in [5.41, 5.74) is 3.13. The van der Waals surface area contributed by atoms with E-state index in [1.807, 2.05) is 0 Å². The standard InChI is InChI=1S/C21H30O2/c1-21(2,3)18-7-10-19(11-8-18)23-20-9-6-16-12-15(14-22)4-5-17(16)13-20/h6,9,13-15,18-19H,4-5,7-8,10-12H2,1-3H3/t15?,18-,19-. The van der Waals surface area contributed by atoms with Crippen molar-refractivity contribution in [1.82, 2.24) is 0 Å². The van der Waals surface area contributed by atoms with Crippen LogP contribution in [0.25, 0.3) is 0 Å². The van der Waals surface area contributed by atoms with Crippen molar-refractivity contribution in [2.45, 2.75) is 71.8 Å². The van der Waals surface area contributed by atoms with E-state index in [-0.39, 0.29) is 5.92 Å². The fourth-order valence-corrected chi connectivity index (χ4v) is 4.19. The highest BCUT2D eigenvalue weighted by molar-refractivity contribution is 5.56. The summed E-state index contributed by atoms with van der Waals surface area (Å²) >= 11 is 0. The number of aldehydes is 1. The second-order valence-corrected chi connectivity index (χ2v) is 8.53. The molecule has 0 saturated heterocycles. The van der Waals surface area contributed by atoms with Crippen molar-refractivity contribution >= 4 is 6.29 Å². The summed E-state index contributed by atoms with van der Waals surface area (Å²) in [7, 11) is 0. The zero-order chi connectivity index (χ0) is 16.4. The van der Waals surface area contributed by atoms with E-state index >= 15 is 0 Å². The normalized spacial score (nSPS) is 28.0. The van der Waals surface area contributed by atoms with Crippen LogP contribution in [-0.4, -0.2) is 12.4 Å². The third-order valence-corrected chi connectivity index (χ3v) is 5.84. The minimum Gasteiger partial charge on any atom is -0.490 e. The lowest BCUT2D eigenvalue weighted by atomic mass is 9.72. The van der Waals surface area contributed by atoms with Crippen molar-refractivity contribution in [3.8, 4) is 5.75 Å². The molecule has 0 aliphatic heterocycles. The third-order valence-electron chi connectivity index (χ3n) is 5.84. The zero-order valence-electron chi connectivity index (χ0n) is 14.8. The average molecular weight is 314 g/mol. The van der Waals surface area contributed by atoms with Gasteiger partial charge in [-0.05, 0) is 79.5 Å². The molecule has 2 aliphatic carbocycles. The summed E-state index contributed by atoms with van der Waals surface area (Å²) in [5, 5.41) is 0. The molecule has 126 valence electrons. The highest BCUT2D eigenvalue weighted by Gasteiger charge is 2.30. The maximum atomic E-state index is 11.0. The SMILES string of the molecule is CC(C)(C)[C@H]1CC[C@H](Oc2ccc3c(c2)CCC(C=O)C3)CC1. The van der Waals surface area contributed by atoms with Gasteiger partial charge in [-0.3, -0.25) is 0 Å². The van der Waals surface area contributed by atoms with E-state index in [4.69, 9.17) is 4.74 Å². The van der Waals surface area contributed by atoms with Gasteiger partial charge < -0.3 is 9.53 Å². The van der Waals surface area contributed by atoms with Gasteiger partial charge in [-0.25, -0.2) is 0 Å². The zero-order valence-corrected chi connectivity index (χ0v) is 14.8. The number of carbonyl (C=O) groups is 1. The Bertz CT molecular complexity index is 547. The topological polar surface area (TPSA) is 26.3 Å². The molecule has 0 amide bonds. The molecule has 2 aliphatic rings. The molecule has 0 heterocycles. The van der Waals surface area contributed by atoms with Gasteiger partial charge in [0, 0.05) is 5.92 Å². The second kappa shape index (κ2) is 6.67. The van der Waals surface area contributed by atoms with Crippen molar-refractivity contribution in [2.75, 3.05) is 0 Å². The van der Waals surface area contributed by atoms with E-state index in [9.17, 15) is 4.79 Å². The summed E-state index contributed by atoms with van der Waals surface area (Å²) in [4.78, 5) is 11.0. The average Bonchev–Trinajstić information content (AvgIpc) is 2.54. The van der Waals surface area contributed by atoms with Crippen LogP contribution in [0.15, 0.2) is 18.2 Å². The lowest BCUT2D eigenvalue weighted by molar-refractivity contribution is -0.111. The van der Waals surface area contributed by atoms with Crippen LogP contribution in [0.3, 0.4) is 0 Å². The molecule has 2 heteroatoms. The summed E-state index contributed by atoms with van der Waals surface area (Å²) in [5.74, 6) is 2.06. The summed E-state index contributed by atoms with van der Waals surface area (Å²) in [6.45, 7) is 7.07. The molecule has 0 radical (unpaired) electrons. The van der Waals surface area contributed by atoms with E-state index in [1.54, 1.807) is 0 Å². The molecule has 3 rings (SSSR count). The fraction of sp³-hybridized carbons (Fsp3) is 0.667. The first-order valence-electron chi connectivity index (χ1n) is 9.19. The Hall–Kier alpha value is -1.31. The highest BCUT2D eigenvalue weighted by Crippen LogP contribution is 2.39. The van der Waals surface area contributed by atoms with Crippen LogP contribution in [0.4, 0.5) is 0 Å². The lowest BCUT2D eigenvalue weighted by Crippen LogP contribution is -2.30. The highest BCUT2D eigenvalue weighted by atomic mass is 16.5. The van der Waals surface area contributed by atoms with Crippen molar-refractivity contribution < 1.29 is 9.53 Å². The van der Waals surface area contributed by atoms with E-state index in [1.165, 1.54) is 36.8 Å². The molecule has 0 N–H and O–H groups in total. The predicted molar refractivity (Wildman–Crippen MR) is 93.9 cm³/mol. The quantitative estimate of drug-likeness (QED) is 0.736. The number of hydrogen-bond donors (Lipinski definition) is 0. The maximum Gasteiger partial charge on any atom is 0.123 e. The molecule has 1 unspecified atom stereocenters. The van der Waals surface area contributed by atoms with Crippen molar-refractivity contribution in [1.29, 1.82) is 0 Å². The predicted octanol–water partition coefficient (Wildman–Crippen LogP) is 4.97. The minimum absolute atomic E-state index is 0.210. The largest absolute Gasteiger partial charge is 0.490 e. The molecule has 1 fully saturated rings. The van der Waals surface area contributed by atoms with Crippen LogP contribution in [-0.2, 0) is 17.6 Å². The molecular formula is C21H30O2. The third kappa shape index (κ3) is 3.97. The smallest absolute Gasteiger partial charge is 0.123 e. The van der Waals surface area contributed by atoms with Gasteiger partial charge in [0.15, 0.2) is 0 Å². The number of aryl methyl sites for hydroxylation is 1. The first-order chi connectivity index (χ1) is 11.0. The van der Waals surface area contributed by atoms with Crippen LogP contribution in [0.5, 0.6) is 5.75 Å². The van der Waals surface area contributed by atoms with Crippen molar-refractivity contribution in [3.63, 3.8) is 0 Å². The van der Waals surface area contributed by atoms with Crippen LogP contribution >= 0.6 is 0 Å². The van der Waals surface area contributed by atoms with E-state index in [0.29, 0.717) is 11.5 Å². The first-order valence-corrected chi connectivity index (χ1v) is 9.19. The molecular weight excluding hydrogens is 284 g/mol. The number of rotatable bonds is 3. The number of hydrogen-bond acceptors (Lipinski definition) is 2. The Balaban J connectivity index is 1.59. The van der Waals surface area contributed by atoms with Gasteiger partial charge in [-0.2, -0.15) is 0 Å². The second-order valence-electron chi connectivity index (χ2n) is 8.53. The minimum atomic E-state index is 0.210. The van der Waals surface area contributed by atoms with Crippen LogP contribution in [0.1, 0.15) is 64.0 Å². The molecule has 2 nitrogen and oxygen atoms in total. The Morgan fingerprint density at radius 2 is 1.78 bits per heavy atom. The van der Waals surface area contributed by atoms with Crippen molar-refractivity contribution in [3.05, 3.63) is 29.3 Å². The van der Waals surface area contributed by atoms with Gasteiger partial charge in [0.05, 0.1) is 6.10 Å². The Labute approximate surface area is 140 Å². The fourth-order valence-electron chi connectivity index (χ4n) is 4.19.